The monoisotopic (exact) mass is 360 g/mol. The average molecular weight is 360 g/mol. The lowest BCUT2D eigenvalue weighted by atomic mass is 10.1. The van der Waals surface area contributed by atoms with Gasteiger partial charge >= 0.3 is 0 Å². The maximum absolute atomic E-state index is 12.4. The molecule has 0 unspecified atom stereocenters. The van der Waals surface area contributed by atoms with Crippen molar-refractivity contribution in [2.45, 2.75) is 13.5 Å². The van der Waals surface area contributed by atoms with Gasteiger partial charge in [-0.15, -0.1) is 5.10 Å². The predicted molar refractivity (Wildman–Crippen MR) is 96.4 cm³/mol. The van der Waals surface area contributed by atoms with E-state index in [1.54, 1.807) is 21.8 Å². The normalized spacial score (nSPS) is 10.7. The number of benzene rings is 2. The number of tetrazole rings is 1. The van der Waals surface area contributed by atoms with Gasteiger partial charge in [-0.25, -0.2) is 14.3 Å². The summed E-state index contributed by atoms with van der Waals surface area (Å²) in [7, 11) is 0. The van der Waals surface area contributed by atoms with Gasteiger partial charge in [0.15, 0.2) is 0 Å². The van der Waals surface area contributed by atoms with E-state index in [-0.39, 0.29) is 5.91 Å². The molecule has 0 saturated heterocycles. The van der Waals surface area contributed by atoms with Crippen LogP contribution in [0.15, 0.2) is 61.4 Å². The van der Waals surface area contributed by atoms with E-state index in [1.165, 1.54) is 12.7 Å². The second kappa shape index (κ2) is 7.16. The molecule has 0 aliphatic rings. The lowest BCUT2D eigenvalue weighted by Crippen LogP contribution is -2.23. The number of hydrogen-bond acceptors (Lipinski definition) is 6. The third-order valence-electron chi connectivity index (χ3n) is 4.13. The molecule has 27 heavy (non-hydrogen) atoms. The molecule has 0 fully saturated rings. The van der Waals surface area contributed by atoms with E-state index < -0.39 is 0 Å². The molecule has 1 amide bonds. The van der Waals surface area contributed by atoms with Crippen molar-refractivity contribution < 1.29 is 4.79 Å². The second-order valence-corrected chi connectivity index (χ2v) is 5.94. The van der Waals surface area contributed by atoms with Crippen LogP contribution in [0.25, 0.3) is 11.4 Å². The molecule has 134 valence electrons. The highest BCUT2D eigenvalue weighted by atomic mass is 16.1. The van der Waals surface area contributed by atoms with E-state index >= 15 is 0 Å². The number of nitrogens with one attached hydrogen (secondary N) is 1. The van der Waals surface area contributed by atoms with Crippen molar-refractivity contribution >= 4 is 5.91 Å². The SMILES string of the molecule is Cc1cc(C(=O)NCc2ccc(-n3cncn3)cc2)ccc1-n1cnnn1. The quantitative estimate of drug-likeness (QED) is 0.578. The molecule has 0 atom stereocenters. The molecule has 2 aromatic carbocycles. The molecule has 4 rings (SSSR count). The fourth-order valence-corrected chi connectivity index (χ4v) is 2.72. The Balaban J connectivity index is 1.41. The number of carbonyl (C=O) groups excluding carboxylic acids is 1. The Morgan fingerprint density at radius 3 is 2.59 bits per heavy atom. The maximum Gasteiger partial charge on any atom is 0.251 e. The van der Waals surface area contributed by atoms with Crippen LogP contribution < -0.4 is 5.32 Å². The Morgan fingerprint density at radius 2 is 1.93 bits per heavy atom. The van der Waals surface area contributed by atoms with Gasteiger partial charge in [0.2, 0.25) is 0 Å². The molecule has 0 aliphatic carbocycles. The van der Waals surface area contributed by atoms with Gasteiger partial charge < -0.3 is 5.32 Å². The number of hydrogen-bond donors (Lipinski definition) is 1. The molecule has 1 N–H and O–H groups in total. The van der Waals surface area contributed by atoms with Gasteiger partial charge in [0.05, 0.1) is 11.4 Å². The minimum Gasteiger partial charge on any atom is -0.348 e. The molecule has 0 radical (unpaired) electrons. The molecule has 4 aromatic rings. The molecule has 0 aliphatic heterocycles. The van der Waals surface area contributed by atoms with Crippen molar-refractivity contribution in [3.63, 3.8) is 0 Å². The Kier molecular flexibility index (Phi) is 4.40. The van der Waals surface area contributed by atoms with E-state index in [4.69, 9.17) is 0 Å². The summed E-state index contributed by atoms with van der Waals surface area (Å²) in [5, 5.41) is 18.1. The number of aromatic nitrogens is 7. The number of carbonyl (C=O) groups is 1. The minimum absolute atomic E-state index is 0.137. The number of aryl methyl sites for hydroxylation is 1. The smallest absolute Gasteiger partial charge is 0.251 e. The van der Waals surface area contributed by atoms with Crippen molar-refractivity contribution in [2.75, 3.05) is 0 Å². The molecule has 0 saturated carbocycles. The summed E-state index contributed by atoms with van der Waals surface area (Å²) in [6.45, 7) is 2.35. The van der Waals surface area contributed by atoms with Crippen LogP contribution in [-0.4, -0.2) is 40.9 Å². The Hall–Kier alpha value is -3.88. The van der Waals surface area contributed by atoms with Crippen molar-refractivity contribution in [1.82, 2.24) is 40.3 Å². The number of rotatable bonds is 5. The Labute approximate surface area is 154 Å². The molecule has 0 spiro atoms. The zero-order valence-electron chi connectivity index (χ0n) is 14.5. The van der Waals surface area contributed by atoms with Crippen LogP contribution in [0.1, 0.15) is 21.5 Å². The van der Waals surface area contributed by atoms with Gasteiger partial charge in [-0.2, -0.15) is 5.10 Å². The van der Waals surface area contributed by atoms with Gasteiger partial charge in [0.1, 0.15) is 19.0 Å². The average Bonchev–Trinajstić information content (AvgIpc) is 3.40. The molecular formula is C18H16N8O. The minimum atomic E-state index is -0.137. The Morgan fingerprint density at radius 1 is 1.07 bits per heavy atom. The van der Waals surface area contributed by atoms with E-state index in [9.17, 15) is 4.79 Å². The summed E-state index contributed by atoms with van der Waals surface area (Å²) in [5.74, 6) is -0.137. The van der Waals surface area contributed by atoms with E-state index in [0.29, 0.717) is 12.1 Å². The van der Waals surface area contributed by atoms with Crippen molar-refractivity contribution in [1.29, 1.82) is 0 Å². The van der Waals surface area contributed by atoms with Crippen LogP contribution >= 0.6 is 0 Å². The number of amides is 1. The third kappa shape index (κ3) is 3.56. The predicted octanol–water partition coefficient (Wildman–Crippen LogP) is 1.48. The molecule has 9 heteroatoms. The van der Waals surface area contributed by atoms with Crippen LogP contribution in [0.3, 0.4) is 0 Å². The lowest BCUT2D eigenvalue weighted by Gasteiger charge is -2.09. The van der Waals surface area contributed by atoms with Gasteiger partial charge in [0, 0.05) is 12.1 Å². The van der Waals surface area contributed by atoms with Crippen LogP contribution in [0.2, 0.25) is 0 Å². The highest BCUT2D eigenvalue weighted by molar-refractivity contribution is 5.94. The summed E-state index contributed by atoms with van der Waals surface area (Å²) < 4.78 is 3.24. The number of nitrogens with zero attached hydrogens (tertiary/aromatic N) is 7. The molecule has 9 nitrogen and oxygen atoms in total. The molecular weight excluding hydrogens is 344 g/mol. The zero-order valence-corrected chi connectivity index (χ0v) is 14.5. The van der Waals surface area contributed by atoms with Gasteiger partial charge in [-0.3, -0.25) is 4.79 Å². The third-order valence-corrected chi connectivity index (χ3v) is 4.13. The first-order valence-electron chi connectivity index (χ1n) is 8.27. The molecule has 2 aromatic heterocycles. The van der Waals surface area contributed by atoms with Crippen LogP contribution in [0.4, 0.5) is 0 Å². The molecule has 2 heterocycles. The fourth-order valence-electron chi connectivity index (χ4n) is 2.72. The van der Waals surface area contributed by atoms with E-state index in [1.807, 2.05) is 43.3 Å². The van der Waals surface area contributed by atoms with Gasteiger partial charge in [0.25, 0.3) is 5.91 Å². The highest BCUT2D eigenvalue weighted by Gasteiger charge is 2.09. The zero-order chi connectivity index (χ0) is 18.6. The topological polar surface area (TPSA) is 103 Å². The van der Waals surface area contributed by atoms with Crippen LogP contribution in [0, 0.1) is 6.92 Å². The summed E-state index contributed by atoms with van der Waals surface area (Å²) in [6.07, 6.45) is 4.64. The lowest BCUT2D eigenvalue weighted by molar-refractivity contribution is 0.0951. The largest absolute Gasteiger partial charge is 0.348 e. The maximum atomic E-state index is 12.4. The van der Waals surface area contributed by atoms with Gasteiger partial charge in [-0.05, 0) is 58.8 Å². The van der Waals surface area contributed by atoms with E-state index in [2.05, 4.69) is 30.9 Å². The second-order valence-electron chi connectivity index (χ2n) is 5.94. The van der Waals surface area contributed by atoms with Crippen LogP contribution in [-0.2, 0) is 6.54 Å². The van der Waals surface area contributed by atoms with Gasteiger partial charge in [-0.1, -0.05) is 12.1 Å². The summed E-state index contributed by atoms with van der Waals surface area (Å²) in [4.78, 5) is 16.4. The summed E-state index contributed by atoms with van der Waals surface area (Å²) in [5.41, 5.74) is 4.24. The van der Waals surface area contributed by atoms with Crippen molar-refractivity contribution in [2.24, 2.45) is 0 Å². The fraction of sp³-hybridized carbons (Fsp3) is 0.111. The summed E-state index contributed by atoms with van der Waals surface area (Å²) in [6, 6.07) is 13.2. The first-order valence-corrected chi connectivity index (χ1v) is 8.27. The summed E-state index contributed by atoms with van der Waals surface area (Å²) >= 11 is 0. The first kappa shape index (κ1) is 16.6. The van der Waals surface area contributed by atoms with Crippen molar-refractivity contribution in [3.8, 4) is 11.4 Å². The Bertz CT molecular complexity index is 1040. The standard InChI is InChI=1S/C18H16N8O/c1-13-8-15(4-7-17(13)26-12-21-23-24-26)18(27)20-9-14-2-5-16(6-3-14)25-11-19-10-22-25/h2-8,10-12H,9H2,1H3,(H,20,27). The first-order chi connectivity index (χ1) is 13.2. The van der Waals surface area contributed by atoms with Crippen LogP contribution in [0.5, 0.6) is 0 Å². The highest BCUT2D eigenvalue weighted by Crippen LogP contribution is 2.15. The van der Waals surface area contributed by atoms with Crippen molar-refractivity contribution in [3.05, 3.63) is 78.1 Å². The molecule has 0 bridgehead atoms. The van der Waals surface area contributed by atoms with E-state index in [0.717, 1.165) is 22.5 Å².